The Bertz CT molecular complexity index is 537. The quantitative estimate of drug-likeness (QED) is 0.564. The van der Waals surface area contributed by atoms with Crippen LogP contribution in [0.15, 0.2) is 24.3 Å². The Labute approximate surface area is 139 Å². The van der Waals surface area contributed by atoms with E-state index in [0.717, 1.165) is 30.6 Å². The second-order valence-corrected chi connectivity index (χ2v) is 9.30. The molecular weight excluding hydrogens is 284 g/mol. The van der Waals surface area contributed by atoms with Gasteiger partial charge < -0.3 is 4.74 Å². The Morgan fingerprint density at radius 3 is 2.17 bits per heavy atom. The van der Waals surface area contributed by atoms with Crippen LogP contribution >= 0.6 is 0 Å². The predicted octanol–water partition coefficient (Wildman–Crippen LogP) is 4.51. The Balaban J connectivity index is 1.22. The molecule has 23 heavy (non-hydrogen) atoms. The van der Waals surface area contributed by atoms with Gasteiger partial charge >= 0.3 is 5.97 Å². The van der Waals surface area contributed by atoms with Crippen LogP contribution < -0.4 is 0 Å². The van der Waals surface area contributed by atoms with Crippen LogP contribution in [-0.4, -0.2) is 12.6 Å². The van der Waals surface area contributed by atoms with E-state index in [4.69, 9.17) is 4.74 Å². The van der Waals surface area contributed by atoms with Gasteiger partial charge in [-0.3, -0.25) is 4.79 Å². The van der Waals surface area contributed by atoms with Crippen LogP contribution in [0.5, 0.6) is 0 Å². The number of ether oxygens (including phenoxy) is 1. The third kappa shape index (κ3) is 2.24. The minimum Gasteiger partial charge on any atom is -0.461 e. The first-order chi connectivity index (χ1) is 11.1. The van der Waals surface area contributed by atoms with E-state index in [-0.39, 0.29) is 11.9 Å². The lowest BCUT2D eigenvalue weighted by Gasteiger charge is -2.57. The average Bonchev–Trinajstić information content (AvgIpc) is 3.14. The van der Waals surface area contributed by atoms with Crippen LogP contribution in [0.2, 0.25) is 0 Å². The van der Waals surface area contributed by atoms with Crippen molar-refractivity contribution in [3.05, 3.63) is 24.3 Å². The lowest BCUT2D eigenvalue weighted by molar-refractivity contribution is -0.149. The highest BCUT2D eigenvalue weighted by Crippen LogP contribution is 2.62. The van der Waals surface area contributed by atoms with Gasteiger partial charge in [0.05, 0.1) is 5.92 Å². The van der Waals surface area contributed by atoms with E-state index in [0.29, 0.717) is 23.9 Å². The Morgan fingerprint density at radius 2 is 1.65 bits per heavy atom. The topological polar surface area (TPSA) is 26.3 Å². The molecule has 0 aromatic rings. The zero-order valence-corrected chi connectivity index (χ0v) is 14.0. The summed E-state index contributed by atoms with van der Waals surface area (Å²) < 4.78 is 5.76. The monoisotopic (exact) mass is 312 g/mol. The second-order valence-electron chi connectivity index (χ2n) is 9.30. The zero-order valence-electron chi connectivity index (χ0n) is 14.0. The van der Waals surface area contributed by atoms with E-state index >= 15 is 0 Å². The number of rotatable bonds is 4. The molecule has 6 aliphatic carbocycles. The normalized spacial score (nSPS) is 48.9. The van der Waals surface area contributed by atoms with Gasteiger partial charge in [0, 0.05) is 0 Å². The van der Waals surface area contributed by atoms with Crippen LogP contribution in [0, 0.1) is 40.9 Å². The summed E-state index contributed by atoms with van der Waals surface area (Å²) in [7, 11) is 0. The van der Waals surface area contributed by atoms with Crippen molar-refractivity contribution in [1.82, 2.24) is 0 Å². The van der Waals surface area contributed by atoms with Gasteiger partial charge in [0.1, 0.15) is 6.61 Å². The summed E-state index contributed by atoms with van der Waals surface area (Å²) in [4.78, 5) is 12.5. The van der Waals surface area contributed by atoms with Crippen molar-refractivity contribution in [3.8, 4) is 0 Å². The van der Waals surface area contributed by atoms with Crippen LogP contribution in [0.1, 0.15) is 51.4 Å². The van der Waals surface area contributed by atoms with Gasteiger partial charge in [-0.05, 0) is 91.9 Å². The first-order valence-corrected chi connectivity index (χ1v) is 9.64. The van der Waals surface area contributed by atoms with E-state index in [9.17, 15) is 4.79 Å². The van der Waals surface area contributed by atoms with E-state index in [1.54, 1.807) is 0 Å². The molecule has 0 radical (unpaired) electrons. The third-order valence-electron chi connectivity index (χ3n) is 7.76. The molecule has 2 heteroatoms. The number of allylic oxidation sites excluding steroid dienone is 2. The maximum absolute atomic E-state index is 12.5. The van der Waals surface area contributed by atoms with Crippen LogP contribution in [0.25, 0.3) is 0 Å². The third-order valence-corrected chi connectivity index (χ3v) is 7.76. The fourth-order valence-corrected chi connectivity index (χ4v) is 7.01. The summed E-state index contributed by atoms with van der Waals surface area (Å²) in [6.45, 7) is 4.87. The molecule has 2 nitrogen and oxygen atoms in total. The molecule has 3 atom stereocenters. The smallest absolute Gasteiger partial charge is 0.309 e. The van der Waals surface area contributed by atoms with Crippen LogP contribution in [0.4, 0.5) is 0 Å². The fourth-order valence-electron chi connectivity index (χ4n) is 7.01. The van der Waals surface area contributed by atoms with E-state index < -0.39 is 0 Å². The van der Waals surface area contributed by atoms with Crippen LogP contribution in [0.3, 0.4) is 0 Å². The highest BCUT2D eigenvalue weighted by atomic mass is 16.5. The van der Waals surface area contributed by atoms with Crippen molar-refractivity contribution in [2.24, 2.45) is 40.9 Å². The number of hydrogen-bond donors (Lipinski definition) is 0. The second kappa shape index (κ2) is 4.97. The molecule has 0 spiro atoms. The first-order valence-electron chi connectivity index (χ1n) is 9.64. The number of carbonyl (C=O) groups excluding carboxylic acids is 1. The van der Waals surface area contributed by atoms with Crippen molar-refractivity contribution in [3.63, 3.8) is 0 Å². The Hall–Kier alpha value is -1.05. The summed E-state index contributed by atoms with van der Waals surface area (Å²) in [5.74, 6) is 3.99. The van der Waals surface area contributed by atoms with E-state index in [1.165, 1.54) is 44.1 Å². The molecule has 5 fully saturated rings. The van der Waals surface area contributed by atoms with Crippen LogP contribution in [-0.2, 0) is 9.53 Å². The summed E-state index contributed by atoms with van der Waals surface area (Å²) in [5.41, 5.74) is 1.53. The van der Waals surface area contributed by atoms with Crippen molar-refractivity contribution in [1.29, 1.82) is 0 Å². The maximum Gasteiger partial charge on any atom is 0.309 e. The minimum absolute atomic E-state index is 0.0349. The lowest BCUT2D eigenvalue weighted by atomic mass is 9.48. The van der Waals surface area contributed by atoms with Crippen molar-refractivity contribution < 1.29 is 9.53 Å². The molecule has 6 bridgehead atoms. The number of carbonyl (C=O) groups is 1. The maximum atomic E-state index is 12.5. The molecule has 0 aromatic carbocycles. The van der Waals surface area contributed by atoms with E-state index in [2.05, 4.69) is 18.7 Å². The fraction of sp³-hybridized carbons (Fsp3) is 0.762. The first kappa shape index (κ1) is 14.3. The largest absolute Gasteiger partial charge is 0.461 e. The summed E-state index contributed by atoms with van der Waals surface area (Å²) in [6.07, 6.45) is 15.0. The summed E-state index contributed by atoms with van der Waals surface area (Å²) >= 11 is 0. The standard InChI is InChI=1S/C21H28O2/c1-13(12-23-20(22)19-8-14-2-3-18(19)7-14)21-9-15-4-16(10-21)6-17(5-15)11-21/h2-3,14-19H,1,4-12H2. The molecule has 124 valence electrons. The summed E-state index contributed by atoms with van der Waals surface area (Å²) in [5, 5.41) is 0. The highest BCUT2D eigenvalue weighted by Gasteiger charge is 2.52. The van der Waals surface area contributed by atoms with Gasteiger partial charge in [0.15, 0.2) is 0 Å². The average molecular weight is 312 g/mol. The molecule has 0 saturated heterocycles. The molecule has 0 aliphatic heterocycles. The molecule has 0 N–H and O–H groups in total. The van der Waals surface area contributed by atoms with Gasteiger partial charge in [0.2, 0.25) is 0 Å². The highest BCUT2D eigenvalue weighted by molar-refractivity contribution is 5.74. The van der Waals surface area contributed by atoms with Gasteiger partial charge in [-0.2, -0.15) is 0 Å². The molecule has 0 amide bonds. The van der Waals surface area contributed by atoms with E-state index in [1.807, 2.05) is 0 Å². The minimum atomic E-state index is 0.0349. The van der Waals surface area contributed by atoms with Gasteiger partial charge in [0.25, 0.3) is 0 Å². The number of fused-ring (bicyclic) bond motifs is 2. The molecule has 6 aliphatic rings. The molecule has 0 aromatic heterocycles. The van der Waals surface area contributed by atoms with Crippen molar-refractivity contribution in [2.75, 3.05) is 6.61 Å². The SMILES string of the molecule is C=C(COC(=O)C1CC2C=CC1C2)C12CC3CC(CC(C3)C1)C2. The van der Waals surface area contributed by atoms with Crippen molar-refractivity contribution in [2.45, 2.75) is 51.4 Å². The Morgan fingerprint density at radius 1 is 1.00 bits per heavy atom. The molecule has 6 rings (SSSR count). The predicted molar refractivity (Wildman–Crippen MR) is 89.5 cm³/mol. The van der Waals surface area contributed by atoms with Gasteiger partial charge in [-0.25, -0.2) is 0 Å². The van der Waals surface area contributed by atoms with Crippen molar-refractivity contribution >= 4 is 5.97 Å². The molecular formula is C21H28O2. The molecule has 5 saturated carbocycles. The number of esters is 1. The lowest BCUT2D eigenvalue weighted by Crippen LogP contribution is -2.47. The summed E-state index contributed by atoms with van der Waals surface area (Å²) in [6, 6.07) is 0. The van der Waals surface area contributed by atoms with Gasteiger partial charge in [-0.1, -0.05) is 18.7 Å². The van der Waals surface area contributed by atoms with Gasteiger partial charge in [-0.15, -0.1) is 0 Å². The Kier molecular flexibility index (Phi) is 3.09. The molecule has 0 heterocycles. The number of hydrogen-bond acceptors (Lipinski definition) is 2. The zero-order chi connectivity index (χ0) is 15.6. The molecule has 3 unspecified atom stereocenters.